The molecule has 1 heterocycles. The van der Waals surface area contributed by atoms with Crippen molar-refractivity contribution >= 4 is 23.6 Å². The van der Waals surface area contributed by atoms with Crippen molar-refractivity contribution in [1.29, 1.82) is 0 Å². The van der Waals surface area contributed by atoms with Gasteiger partial charge < -0.3 is 15.5 Å². The SMILES string of the molecule is CSCC[C@H](N)C(=O)N1CCN(CC(=O)N(C)C)CC1. The summed E-state index contributed by atoms with van der Waals surface area (Å²) in [6, 6.07) is -0.391. The van der Waals surface area contributed by atoms with Crippen LogP contribution < -0.4 is 5.73 Å². The average Bonchev–Trinajstić information content (AvgIpc) is 2.44. The van der Waals surface area contributed by atoms with Crippen LogP contribution >= 0.6 is 11.8 Å². The Hall–Kier alpha value is -0.790. The summed E-state index contributed by atoms with van der Waals surface area (Å²) in [5.41, 5.74) is 5.91. The van der Waals surface area contributed by atoms with E-state index in [0.717, 1.165) is 25.3 Å². The molecule has 1 rings (SSSR count). The highest BCUT2D eigenvalue weighted by molar-refractivity contribution is 7.98. The predicted octanol–water partition coefficient (Wildman–Crippen LogP) is -0.701. The van der Waals surface area contributed by atoms with Gasteiger partial charge in [0.1, 0.15) is 0 Å². The Bertz CT molecular complexity index is 330. The van der Waals surface area contributed by atoms with Gasteiger partial charge in [-0.25, -0.2) is 0 Å². The van der Waals surface area contributed by atoms with Crippen LogP contribution in [0, 0.1) is 0 Å². The first-order valence-electron chi connectivity index (χ1n) is 6.91. The number of nitrogens with zero attached hydrogens (tertiary/aromatic N) is 3. The van der Waals surface area contributed by atoms with Crippen LogP contribution in [0.1, 0.15) is 6.42 Å². The lowest BCUT2D eigenvalue weighted by Crippen LogP contribution is -2.54. The quantitative estimate of drug-likeness (QED) is 0.702. The smallest absolute Gasteiger partial charge is 0.239 e. The van der Waals surface area contributed by atoms with Gasteiger partial charge in [0.15, 0.2) is 0 Å². The third-order valence-corrected chi connectivity index (χ3v) is 4.14. The van der Waals surface area contributed by atoms with Crippen LogP contribution in [0.15, 0.2) is 0 Å². The second kappa shape index (κ2) is 8.49. The first-order chi connectivity index (χ1) is 9.45. The molecule has 0 unspecified atom stereocenters. The maximum absolute atomic E-state index is 12.1. The van der Waals surface area contributed by atoms with Gasteiger partial charge in [0.05, 0.1) is 12.6 Å². The van der Waals surface area contributed by atoms with E-state index in [4.69, 9.17) is 5.73 Å². The standard InChI is InChI=1S/C13H26N4O2S/c1-15(2)12(18)10-16-5-7-17(8-6-16)13(19)11(14)4-9-20-3/h11H,4-10,14H2,1-3H3/t11-/m0/s1. The van der Waals surface area contributed by atoms with Crippen molar-refractivity contribution in [3.05, 3.63) is 0 Å². The van der Waals surface area contributed by atoms with Crippen LogP contribution in [-0.4, -0.2) is 91.4 Å². The highest BCUT2D eigenvalue weighted by Crippen LogP contribution is 2.07. The van der Waals surface area contributed by atoms with E-state index < -0.39 is 6.04 Å². The third kappa shape index (κ3) is 5.30. The molecule has 1 atom stereocenters. The Morgan fingerprint density at radius 3 is 2.35 bits per heavy atom. The Morgan fingerprint density at radius 1 is 1.25 bits per heavy atom. The molecule has 0 saturated carbocycles. The molecule has 1 aliphatic rings. The highest BCUT2D eigenvalue weighted by atomic mass is 32.2. The van der Waals surface area contributed by atoms with Crippen molar-refractivity contribution < 1.29 is 9.59 Å². The van der Waals surface area contributed by atoms with Crippen LogP contribution in [0.5, 0.6) is 0 Å². The normalized spacial score (nSPS) is 17.9. The molecule has 0 aliphatic carbocycles. The van der Waals surface area contributed by atoms with E-state index in [1.807, 2.05) is 11.2 Å². The van der Waals surface area contributed by atoms with Crippen molar-refractivity contribution in [1.82, 2.24) is 14.7 Å². The van der Waals surface area contributed by atoms with Crippen LogP contribution in [-0.2, 0) is 9.59 Å². The lowest BCUT2D eigenvalue weighted by atomic mass is 10.2. The summed E-state index contributed by atoms with van der Waals surface area (Å²) in [7, 11) is 3.51. The summed E-state index contributed by atoms with van der Waals surface area (Å²) < 4.78 is 0. The summed E-state index contributed by atoms with van der Waals surface area (Å²) in [4.78, 5) is 29.3. The van der Waals surface area contributed by atoms with E-state index >= 15 is 0 Å². The van der Waals surface area contributed by atoms with Crippen molar-refractivity contribution in [2.24, 2.45) is 5.73 Å². The summed E-state index contributed by atoms with van der Waals surface area (Å²) in [5, 5.41) is 0. The number of hydrogen-bond acceptors (Lipinski definition) is 5. The van der Waals surface area contributed by atoms with Crippen molar-refractivity contribution in [3.63, 3.8) is 0 Å². The molecule has 116 valence electrons. The molecule has 20 heavy (non-hydrogen) atoms. The number of amides is 2. The molecular weight excluding hydrogens is 276 g/mol. The molecule has 0 aromatic carbocycles. The molecule has 2 amide bonds. The van der Waals surface area contributed by atoms with Crippen molar-refractivity contribution in [3.8, 4) is 0 Å². The van der Waals surface area contributed by atoms with Crippen LogP contribution in [0.2, 0.25) is 0 Å². The predicted molar refractivity (Wildman–Crippen MR) is 82.7 cm³/mol. The highest BCUT2D eigenvalue weighted by Gasteiger charge is 2.25. The second-order valence-electron chi connectivity index (χ2n) is 5.28. The summed E-state index contributed by atoms with van der Waals surface area (Å²) in [6.45, 7) is 3.22. The fraction of sp³-hybridized carbons (Fsp3) is 0.846. The number of piperazine rings is 1. The molecule has 0 spiro atoms. The lowest BCUT2D eigenvalue weighted by molar-refractivity contribution is -0.135. The van der Waals surface area contributed by atoms with Gasteiger partial charge in [-0.05, 0) is 18.4 Å². The molecule has 1 aliphatic heterocycles. The second-order valence-corrected chi connectivity index (χ2v) is 6.26. The monoisotopic (exact) mass is 302 g/mol. The van der Waals surface area contributed by atoms with E-state index in [9.17, 15) is 9.59 Å². The minimum absolute atomic E-state index is 0.0395. The number of rotatable bonds is 6. The summed E-state index contributed by atoms with van der Waals surface area (Å²) >= 11 is 1.70. The largest absolute Gasteiger partial charge is 0.348 e. The van der Waals surface area contributed by atoms with Crippen molar-refractivity contribution in [2.45, 2.75) is 12.5 Å². The Balaban J connectivity index is 2.34. The lowest BCUT2D eigenvalue weighted by Gasteiger charge is -2.35. The molecule has 0 radical (unpaired) electrons. The molecule has 2 N–H and O–H groups in total. The molecule has 7 heteroatoms. The van der Waals surface area contributed by atoms with E-state index in [2.05, 4.69) is 4.90 Å². The Labute approximate surface area is 125 Å². The van der Waals surface area contributed by atoms with Gasteiger partial charge >= 0.3 is 0 Å². The zero-order valence-corrected chi connectivity index (χ0v) is 13.5. The number of carbonyl (C=O) groups excluding carboxylic acids is 2. The molecule has 0 bridgehead atoms. The van der Waals surface area contributed by atoms with Crippen LogP contribution in [0.25, 0.3) is 0 Å². The van der Waals surface area contributed by atoms with Crippen LogP contribution in [0.3, 0.4) is 0 Å². The molecule has 1 fully saturated rings. The average molecular weight is 302 g/mol. The van der Waals surface area contributed by atoms with Gasteiger partial charge in [-0.1, -0.05) is 0 Å². The maximum Gasteiger partial charge on any atom is 0.239 e. The number of hydrogen-bond donors (Lipinski definition) is 1. The Kier molecular flexibility index (Phi) is 7.32. The van der Waals surface area contributed by atoms with E-state index in [0.29, 0.717) is 19.6 Å². The van der Waals surface area contributed by atoms with E-state index in [-0.39, 0.29) is 11.8 Å². The summed E-state index contributed by atoms with van der Waals surface area (Å²) in [5.74, 6) is 1.04. The molecule has 1 saturated heterocycles. The van der Waals surface area contributed by atoms with Gasteiger partial charge in [0, 0.05) is 40.3 Å². The van der Waals surface area contributed by atoms with Gasteiger partial charge in [-0.3, -0.25) is 14.5 Å². The fourth-order valence-corrected chi connectivity index (χ4v) is 2.55. The van der Waals surface area contributed by atoms with Crippen LogP contribution in [0.4, 0.5) is 0 Å². The topological polar surface area (TPSA) is 69.9 Å². The Morgan fingerprint density at radius 2 is 1.85 bits per heavy atom. The van der Waals surface area contributed by atoms with Gasteiger partial charge in [-0.15, -0.1) is 0 Å². The molecular formula is C13H26N4O2S. The number of nitrogens with two attached hydrogens (primary N) is 1. The number of carbonyl (C=O) groups is 2. The minimum Gasteiger partial charge on any atom is -0.348 e. The summed E-state index contributed by atoms with van der Waals surface area (Å²) in [6.07, 6.45) is 2.73. The van der Waals surface area contributed by atoms with Gasteiger partial charge in [-0.2, -0.15) is 11.8 Å². The van der Waals surface area contributed by atoms with Crippen molar-refractivity contribution in [2.75, 3.05) is 58.8 Å². The zero-order valence-electron chi connectivity index (χ0n) is 12.7. The van der Waals surface area contributed by atoms with E-state index in [1.165, 1.54) is 0 Å². The third-order valence-electron chi connectivity index (χ3n) is 3.49. The zero-order chi connectivity index (χ0) is 15.1. The first kappa shape index (κ1) is 17.3. The van der Waals surface area contributed by atoms with Gasteiger partial charge in [0.2, 0.25) is 11.8 Å². The molecule has 0 aromatic rings. The minimum atomic E-state index is -0.391. The molecule has 6 nitrogen and oxygen atoms in total. The molecule has 0 aromatic heterocycles. The number of likely N-dealkylation sites (N-methyl/N-ethyl adjacent to an activating group) is 1. The number of thioether (sulfide) groups is 1. The fourth-order valence-electron chi connectivity index (χ4n) is 2.06. The first-order valence-corrected chi connectivity index (χ1v) is 8.31. The van der Waals surface area contributed by atoms with E-state index in [1.54, 1.807) is 30.8 Å². The van der Waals surface area contributed by atoms with Gasteiger partial charge in [0.25, 0.3) is 0 Å². The maximum atomic E-state index is 12.1.